The largest absolute Gasteiger partial charge is 0.591 e. The Morgan fingerprint density at radius 2 is 2.07 bits per heavy atom. The predicted octanol–water partition coefficient (Wildman–Crippen LogP) is 2.81. The number of hydrogen-bond donors (Lipinski definition) is 0. The van der Waals surface area contributed by atoms with Gasteiger partial charge in [0.2, 0.25) is 0 Å². The number of rotatable bonds is 2. The fraction of sp³-hybridized carbons (Fsp3) is 0.550. The third-order valence-electron chi connectivity index (χ3n) is 4.91. The van der Waals surface area contributed by atoms with Crippen LogP contribution < -0.4 is 9.64 Å². The lowest BCUT2D eigenvalue weighted by Crippen LogP contribution is -2.51. The monoisotopic (exact) mass is 402 g/mol. The number of aryl methyl sites for hydroxylation is 1. The lowest BCUT2D eigenvalue weighted by atomic mass is 10.1. The van der Waals surface area contributed by atoms with Crippen molar-refractivity contribution in [3.05, 3.63) is 23.3 Å². The lowest BCUT2D eigenvalue weighted by molar-refractivity contribution is 0.0686. The van der Waals surface area contributed by atoms with Crippen molar-refractivity contribution in [3.8, 4) is 5.88 Å². The van der Waals surface area contributed by atoms with E-state index in [0.717, 1.165) is 34.5 Å². The van der Waals surface area contributed by atoms with E-state index in [1.165, 1.54) is 0 Å². The Labute approximate surface area is 168 Å². The molecule has 1 fully saturated rings. The molecule has 8 heteroatoms. The van der Waals surface area contributed by atoms with Crippen molar-refractivity contribution in [2.24, 2.45) is 4.40 Å². The van der Waals surface area contributed by atoms with E-state index < -0.39 is 16.1 Å². The normalized spacial score (nSPS) is 21.1. The van der Waals surface area contributed by atoms with Crippen LogP contribution in [0.5, 0.6) is 5.88 Å². The molecule has 2 aliphatic rings. The molecule has 1 aromatic carbocycles. The fourth-order valence-corrected chi connectivity index (χ4v) is 4.01. The van der Waals surface area contributed by atoms with Gasteiger partial charge in [-0.15, -0.1) is 0 Å². The SMILES string of the molecule is C/C(=N\[S@+]([O-])C(C)(C)C)c1cc(C)cc2nc3c(nc12)N1CCOC[C@H]1CO3. The highest BCUT2D eigenvalue weighted by molar-refractivity contribution is 7.91. The van der Waals surface area contributed by atoms with E-state index in [-0.39, 0.29) is 6.04 Å². The van der Waals surface area contributed by atoms with E-state index >= 15 is 0 Å². The minimum absolute atomic E-state index is 0.157. The van der Waals surface area contributed by atoms with Gasteiger partial charge >= 0.3 is 0 Å². The Hall–Kier alpha value is -1.90. The summed E-state index contributed by atoms with van der Waals surface area (Å²) in [6.45, 7) is 12.3. The van der Waals surface area contributed by atoms with Gasteiger partial charge in [0.15, 0.2) is 5.82 Å². The van der Waals surface area contributed by atoms with Crippen LogP contribution in [0.2, 0.25) is 0 Å². The molecule has 150 valence electrons. The number of fused-ring (bicyclic) bond motifs is 4. The van der Waals surface area contributed by atoms with Crippen molar-refractivity contribution in [1.82, 2.24) is 9.97 Å². The maximum atomic E-state index is 12.5. The summed E-state index contributed by atoms with van der Waals surface area (Å²) in [5, 5.41) is 0. The highest BCUT2D eigenvalue weighted by atomic mass is 32.2. The van der Waals surface area contributed by atoms with Crippen molar-refractivity contribution in [2.75, 3.05) is 31.3 Å². The molecule has 2 atom stereocenters. The first kappa shape index (κ1) is 19.4. The average molecular weight is 403 g/mol. The van der Waals surface area contributed by atoms with Crippen LogP contribution in [0.15, 0.2) is 16.5 Å². The second kappa shape index (κ2) is 7.17. The lowest BCUT2D eigenvalue weighted by Gasteiger charge is -2.39. The summed E-state index contributed by atoms with van der Waals surface area (Å²) in [5.74, 6) is 1.32. The summed E-state index contributed by atoms with van der Waals surface area (Å²) in [6, 6.07) is 4.18. The summed E-state index contributed by atoms with van der Waals surface area (Å²) in [5.41, 5.74) is 4.13. The molecule has 0 unspecified atom stereocenters. The van der Waals surface area contributed by atoms with Crippen molar-refractivity contribution in [2.45, 2.75) is 45.4 Å². The van der Waals surface area contributed by atoms with Gasteiger partial charge in [-0.05, 0) is 52.3 Å². The molecule has 3 heterocycles. The molecule has 0 spiro atoms. The first-order chi connectivity index (χ1) is 13.2. The van der Waals surface area contributed by atoms with E-state index in [1.807, 2.05) is 46.8 Å². The maximum absolute atomic E-state index is 12.5. The van der Waals surface area contributed by atoms with Crippen molar-refractivity contribution < 1.29 is 14.0 Å². The standard InChI is InChI=1S/C20H26N4O3S/c1-12-8-15(13(2)23-28(25)20(3,4)5)17-16(9-12)21-19-18(22-17)24-6-7-26-10-14(24)11-27-19/h8-9,14H,6-7,10-11H2,1-5H3/b23-13+/t14-,28+/m0/s1. The number of anilines is 1. The van der Waals surface area contributed by atoms with Gasteiger partial charge in [-0.1, -0.05) is 4.40 Å². The Kier molecular flexibility index (Phi) is 4.97. The van der Waals surface area contributed by atoms with Crippen molar-refractivity contribution >= 4 is 33.9 Å². The van der Waals surface area contributed by atoms with Gasteiger partial charge in [0.25, 0.3) is 5.88 Å². The van der Waals surface area contributed by atoms with E-state index in [2.05, 4.69) is 9.30 Å². The Bertz CT molecular complexity index is 941. The van der Waals surface area contributed by atoms with E-state index in [4.69, 9.17) is 19.4 Å². The van der Waals surface area contributed by atoms with Crippen LogP contribution in [-0.2, 0) is 16.1 Å². The molecule has 0 N–H and O–H groups in total. The third-order valence-corrected chi connectivity index (χ3v) is 6.40. The van der Waals surface area contributed by atoms with Crippen LogP contribution in [0.4, 0.5) is 5.82 Å². The number of benzene rings is 1. The zero-order valence-electron chi connectivity index (χ0n) is 17.0. The molecule has 0 bridgehead atoms. The summed E-state index contributed by atoms with van der Waals surface area (Å²) in [4.78, 5) is 11.9. The number of aromatic nitrogens is 2. The molecule has 2 aromatic rings. The zero-order chi connectivity index (χ0) is 20.1. The molecular formula is C20H26N4O3S. The zero-order valence-corrected chi connectivity index (χ0v) is 17.8. The van der Waals surface area contributed by atoms with Crippen LogP contribution in [0, 0.1) is 6.92 Å². The van der Waals surface area contributed by atoms with Gasteiger partial charge in [0.05, 0.1) is 30.5 Å². The van der Waals surface area contributed by atoms with Crippen LogP contribution in [0.25, 0.3) is 11.0 Å². The van der Waals surface area contributed by atoms with E-state index in [9.17, 15) is 4.55 Å². The van der Waals surface area contributed by atoms with E-state index in [0.29, 0.717) is 31.4 Å². The molecule has 4 rings (SSSR count). The molecule has 28 heavy (non-hydrogen) atoms. The summed E-state index contributed by atoms with van der Waals surface area (Å²) in [7, 11) is 0. The highest BCUT2D eigenvalue weighted by Gasteiger charge is 2.33. The molecule has 1 saturated heterocycles. The fourth-order valence-electron chi connectivity index (χ4n) is 3.39. The number of hydrogen-bond acceptors (Lipinski definition) is 7. The minimum atomic E-state index is -1.34. The molecule has 0 saturated carbocycles. The summed E-state index contributed by atoms with van der Waals surface area (Å²) < 4.78 is 28.0. The molecule has 0 aliphatic carbocycles. The van der Waals surface area contributed by atoms with E-state index in [1.54, 1.807) is 0 Å². The maximum Gasteiger partial charge on any atom is 0.258 e. The Morgan fingerprint density at radius 3 is 2.82 bits per heavy atom. The van der Waals surface area contributed by atoms with Crippen molar-refractivity contribution in [3.63, 3.8) is 0 Å². The first-order valence-electron chi connectivity index (χ1n) is 9.51. The molecule has 1 aromatic heterocycles. The van der Waals surface area contributed by atoms with Gasteiger partial charge in [0, 0.05) is 12.1 Å². The molecule has 2 aliphatic heterocycles. The average Bonchev–Trinajstić information content (AvgIpc) is 2.65. The predicted molar refractivity (Wildman–Crippen MR) is 112 cm³/mol. The molecular weight excluding hydrogens is 376 g/mol. The van der Waals surface area contributed by atoms with Crippen LogP contribution in [0.1, 0.15) is 38.8 Å². The smallest absolute Gasteiger partial charge is 0.258 e. The molecule has 0 radical (unpaired) electrons. The van der Waals surface area contributed by atoms with Gasteiger partial charge in [-0.2, -0.15) is 0 Å². The Morgan fingerprint density at radius 1 is 1.29 bits per heavy atom. The number of nitrogens with zero attached hydrogens (tertiary/aromatic N) is 4. The first-order valence-corrected chi connectivity index (χ1v) is 10.6. The van der Waals surface area contributed by atoms with Gasteiger partial charge in [-0.3, -0.25) is 0 Å². The third kappa shape index (κ3) is 3.56. The summed E-state index contributed by atoms with van der Waals surface area (Å²) in [6.07, 6.45) is 0. The van der Waals surface area contributed by atoms with Gasteiger partial charge in [0.1, 0.15) is 28.2 Å². The van der Waals surface area contributed by atoms with Crippen molar-refractivity contribution in [1.29, 1.82) is 0 Å². The Balaban J connectivity index is 1.84. The molecule has 7 nitrogen and oxygen atoms in total. The number of morpholine rings is 1. The quantitative estimate of drug-likeness (QED) is 0.567. The van der Waals surface area contributed by atoms with Gasteiger partial charge in [-0.25, -0.2) is 9.97 Å². The van der Waals surface area contributed by atoms with Crippen LogP contribution in [-0.4, -0.2) is 57.4 Å². The van der Waals surface area contributed by atoms with Gasteiger partial charge < -0.3 is 18.9 Å². The summed E-state index contributed by atoms with van der Waals surface area (Å²) >= 11 is -1.34. The molecule has 0 amide bonds. The number of ether oxygens (including phenoxy) is 2. The second-order valence-electron chi connectivity index (χ2n) is 8.30. The topological polar surface area (TPSA) is 82.9 Å². The highest BCUT2D eigenvalue weighted by Crippen LogP contribution is 2.34. The second-order valence-corrected chi connectivity index (χ2v) is 10.2. The van der Waals surface area contributed by atoms with Crippen LogP contribution in [0.3, 0.4) is 0 Å². The minimum Gasteiger partial charge on any atom is -0.591 e. The van der Waals surface area contributed by atoms with Crippen LogP contribution >= 0.6 is 0 Å².